The van der Waals surface area contributed by atoms with Gasteiger partial charge in [-0.1, -0.05) is 29.3 Å². The van der Waals surface area contributed by atoms with E-state index in [2.05, 4.69) is 10.3 Å². The van der Waals surface area contributed by atoms with Crippen molar-refractivity contribution in [2.75, 3.05) is 20.8 Å². The normalized spacial score (nSPS) is 10.6. The van der Waals surface area contributed by atoms with Crippen LogP contribution < -0.4 is 14.8 Å². The average Bonchev–Trinajstić information content (AvgIpc) is 3.19. The van der Waals surface area contributed by atoms with Crippen molar-refractivity contribution in [2.45, 2.75) is 12.8 Å². The van der Waals surface area contributed by atoms with Gasteiger partial charge in [0.25, 0.3) is 5.91 Å². The first-order chi connectivity index (χ1) is 14.0. The lowest BCUT2D eigenvalue weighted by Crippen LogP contribution is -2.26. The van der Waals surface area contributed by atoms with Crippen LogP contribution in [0.25, 0.3) is 0 Å². The standard InChI is InChI=1S/C21H20Cl2N2O3S/c1-27-14-6-7-19(28-2)13(10-14)8-9-24-21(26)18-12-29-20(25-18)11-15-16(22)4-3-5-17(15)23/h3-7,10,12H,8-9,11H2,1-2H3,(H,24,26). The van der Waals surface area contributed by atoms with Crippen LogP contribution in [-0.2, 0) is 12.8 Å². The summed E-state index contributed by atoms with van der Waals surface area (Å²) in [5.74, 6) is 1.28. The van der Waals surface area contributed by atoms with Crippen LogP contribution in [0.1, 0.15) is 26.6 Å². The summed E-state index contributed by atoms with van der Waals surface area (Å²) < 4.78 is 10.6. The van der Waals surface area contributed by atoms with E-state index in [0.717, 1.165) is 27.6 Å². The largest absolute Gasteiger partial charge is 0.497 e. The van der Waals surface area contributed by atoms with E-state index in [4.69, 9.17) is 32.7 Å². The van der Waals surface area contributed by atoms with Gasteiger partial charge >= 0.3 is 0 Å². The Bertz CT molecular complexity index is 987. The molecule has 5 nitrogen and oxygen atoms in total. The third-order valence-corrected chi connectivity index (χ3v) is 5.90. The molecular formula is C21H20Cl2N2O3S. The topological polar surface area (TPSA) is 60.5 Å². The number of nitrogens with zero attached hydrogens (tertiary/aromatic N) is 1. The van der Waals surface area contributed by atoms with Crippen molar-refractivity contribution in [2.24, 2.45) is 0 Å². The van der Waals surface area contributed by atoms with Gasteiger partial charge < -0.3 is 14.8 Å². The summed E-state index contributed by atoms with van der Waals surface area (Å²) in [6, 6.07) is 11.0. The fourth-order valence-electron chi connectivity index (χ4n) is 2.83. The molecule has 2 aromatic carbocycles. The number of carbonyl (C=O) groups is 1. The minimum Gasteiger partial charge on any atom is -0.497 e. The monoisotopic (exact) mass is 450 g/mol. The predicted molar refractivity (Wildman–Crippen MR) is 117 cm³/mol. The van der Waals surface area contributed by atoms with Gasteiger partial charge in [0.1, 0.15) is 17.2 Å². The van der Waals surface area contributed by atoms with Gasteiger partial charge in [0.15, 0.2) is 0 Å². The van der Waals surface area contributed by atoms with E-state index in [9.17, 15) is 4.79 Å². The minimum absolute atomic E-state index is 0.223. The summed E-state index contributed by atoms with van der Waals surface area (Å²) >= 11 is 13.8. The highest BCUT2D eigenvalue weighted by molar-refractivity contribution is 7.09. The number of ether oxygens (including phenoxy) is 2. The molecule has 1 N–H and O–H groups in total. The molecule has 0 spiro atoms. The van der Waals surface area contributed by atoms with Crippen molar-refractivity contribution < 1.29 is 14.3 Å². The number of benzene rings is 2. The van der Waals surface area contributed by atoms with E-state index in [1.54, 1.807) is 37.8 Å². The molecule has 0 aliphatic heterocycles. The minimum atomic E-state index is -0.223. The highest BCUT2D eigenvalue weighted by Crippen LogP contribution is 2.28. The van der Waals surface area contributed by atoms with Crippen LogP contribution in [0, 0.1) is 0 Å². The zero-order chi connectivity index (χ0) is 20.8. The lowest BCUT2D eigenvalue weighted by molar-refractivity contribution is 0.0949. The molecule has 152 valence electrons. The van der Waals surface area contributed by atoms with Crippen molar-refractivity contribution in [3.05, 3.63) is 73.7 Å². The number of methoxy groups -OCH3 is 2. The number of hydrogen-bond acceptors (Lipinski definition) is 5. The lowest BCUT2D eigenvalue weighted by Gasteiger charge is -2.10. The Balaban J connectivity index is 1.60. The molecule has 0 saturated carbocycles. The predicted octanol–water partition coefficient (Wildman–Crippen LogP) is 5.03. The van der Waals surface area contributed by atoms with Crippen LogP contribution in [0.4, 0.5) is 0 Å². The van der Waals surface area contributed by atoms with E-state index in [-0.39, 0.29) is 5.91 Å². The molecule has 8 heteroatoms. The molecule has 0 unspecified atom stereocenters. The summed E-state index contributed by atoms with van der Waals surface area (Å²) in [6.07, 6.45) is 1.09. The van der Waals surface area contributed by atoms with Crippen molar-refractivity contribution in [3.63, 3.8) is 0 Å². The highest BCUT2D eigenvalue weighted by Gasteiger charge is 2.14. The molecule has 1 aromatic heterocycles. The second-order valence-electron chi connectivity index (χ2n) is 6.19. The van der Waals surface area contributed by atoms with Crippen molar-refractivity contribution in [1.82, 2.24) is 10.3 Å². The Hall–Kier alpha value is -2.28. The number of halogens is 2. The highest BCUT2D eigenvalue weighted by atomic mass is 35.5. The third-order valence-electron chi connectivity index (χ3n) is 4.34. The second kappa shape index (κ2) is 9.96. The van der Waals surface area contributed by atoms with Crippen LogP contribution in [-0.4, -0.2) is 31.7 Å². The Kier molecular flexibility index (Phi) is 7.36. The van der Waals surface area contributed by atoms with E-state index >= 15 is 0 Å². The van der Waals surface area contributed by atoms with Gasteiger partial charge in [0, 0.05) is 28.4 Å². The molecule has 3 aromatic rings. The molecule has 1 heterocycles. The third kappa shape index (κ3) is 5.41. The smallest absolute Gasteiger partial charge is 0.270 e. The number of thiazole rings is 1. The lowest BCUT2D eigenvalue weighted by atomic mass is 10.1. The first-order valence-corrected chi connectivity index (χ1v) is 10.5. The molecule has 0 atom stereocenters. The molecular weight excluding hydrogens is 431 g/mol. The molecule has 3 rings (SSSR count). The van der Waals surface area contributed by atoms with Gasteiger partial charge in [-0.2, -0.15) is 0 Å². The van der Waals surface area contributed by atoms with Crippen LogP contribution in [0.15, 0.2) is 41.8 Å². The summed E-state index contributed by atoms with van der Waals surface area (Å²) in [5.41, 5.74) is 2.15. The van der Waals surface area contributed by atoms with E-state index in [1.165, 1.54) is 11.3 Å². The summed E-state index contributed by atoms with van der Waals surface area (Å²) in [4.78, 5) is 16.9. The molecule has 0 fully saturated rings. The van der Waals surface area contributed by atoms with Crippen LogP contribution in [0.5, 0.6) is 11.5 Å². The SMILES string of the molecule is COc1ccc(OC)c(CCNC(=O)c2csc(Cc3c(Cl)cccc3Cl)n2)c1. The van der Waals surface area contributed by atoms with E-state index in [0.29, 0.717) is 35.1 Å². The molecule has 0 radical (unpaired) electrons. The van der Waals surface area contributed by atoms with E-state index < -0.39 is 0 Å². The molecule has 0 aliphatic carbocycles. The van der Waals surface area contributed by atoms with Crippen molar-refractivity contribution >= 4 is 40.4 Å². The van der Waals surface area contributed by atoms with Gasteiger partial charge in [-0.05, 0) is 47.9 Å². The first kappa shape index (κ1) is 21.4. The first-order valence-electron chi connectivity index (χ1n) is 8.88. The van der Waals surface area contributed by atoms with Gasteiger partial charge in [-0.3, -0.25) is 4.79 Å². The van der Waals surface area contributed by atoms with Gasteiger partial charge in [0.05, 0.1) is 19.2 Å². The maximum Gasteiger partial charge on any atom is 0.270 e. The van der Waals surface area contributed by atoms with Gasteiger partial charge in [0.2, 0.25) is 0 Å². The van der Waals surface area contributed by atoms with Gasteiger partial charge in [-0.25, -0.2) is 4.98 Å². The molecule has 0 aliphatic rings. The fraction of sp³-hybridized carbons (Fsp3) is 0.238. The van der Waals surface area contributed by atoms with E-state index in [1.807, 2.05) is 18.2 Å². The fourth-order valence-corrected chi connectivity index (χ4v) is 4.14. The quantitative estimate of drug-likeness (QED) is 0.522. The van der Waals surface area contributed by atoms with Crippen LogP contribution >= 0.6 is 34.5 Å². The Morgan fingerprint density at radius 3 is 2.59 bits per heavy atom. The van der Waals surface area contributed by atoms with Crippen LogP contribution in [0.2, 0.25) is 10.0 Å². The van der Waals surface area contributed by atoms with Crippen molar-refractivity contribution in [3.8, 4) is 11.5 Å². The molecule has 0 saturated heterocycles. The zero-order valence-corrected chi connectivity index (χ0v) is 18.3. The number of nitrogens with one attached hydrogen (secondary N) is 1. The Morgan fingerprint density at radius 2 is 1.90 bits per heavy atom. The molecule has 0 bridgehead atoms. The molecule has 1 amide bonds. The Labute approximate surface area is 183 Å². The zero-order valence-electron chi connectivity index (χ0n) is 16.0. The number of carbonyl (C=O) groups excluding carboxylic acids is 1. The van der Waals surface area contributed by atoms with Gasteiger partial charge in [-0.15, -0.1) is 11.3 Å². The maximum atomic E-state index is 12.4. The number of amides is 1. The summed E-state index contributed by atoms with van der Waals surface area (Å²) in [7, 11) is 3.23. The molecule has 29 heavy (non-hydrogen) atoms. The summed E-state index contributed by atoms with van der Waals surface area (Å²) in [6.45, 7) is 0.450. The maximum absolute atomic E-state index is 12.4. The number of rotatable bonds is 8. The number of aromatic nitrogens is 1. The second-order valence-corrected chi connectivity index (χ2v) is 7.94. The summed E-state index contributed by atoms with van der Waals surface area (Å²) in [5, 5.41) is 6.59. The van der Waals surface area contributed by atoms with Crippen molar-refractivity contribution in [1.29, 1.82) is 0 Å². The van der Waals surface area contributed by atoms with Crippen LogP contribution in [0.3, 0.4) is 0 Å². The Morgan fingerprint density at radius 1 is 1.14 bits per heavy atom. The average molecular weight is 451 g/mol. The number of hydrogen-bond donors (Lipinski definition) is 1.